The molecule has 0 amide bonds. The van der Waals surface area contributed by atoms with E-state index < -0.39 is 0 Å². The number of nitrogens with one attached hydrogen (secondary N) is 1. The van der Waals surface area contributed by atoms with E-state index in [4.69, 9.17) is 0 Å². The van der Waals surface area contributed by atoms with E-state index in [0.717, 1.165) is 39.5 Å². The van der Waals surface area contributed by atoms with Crippen molar-refractivity contribution in [1.29, 1.82) is 0 Å². The topological polar surface area (TPSA) is 70.9 Å². The van der Waals surface area contributed by atoms with Crippen LogP contribution in [0, 0.1) is 20.8 Å². The monoisotopic (exact) mass is 348 g/mol. The van der Waals surface area contributed by atoms with Gasteiger partial charge in [0.25, 0.3) is 0 Å². The van der Waals surface area contributed by atoms with Crippen LogP contribution in [0.1, 0.15) is 35.2 Å². The highest BCUT2D eigenvalue weighted by molar-refractivity contribution is 5.61. The van der Waals surface area contributed by atoms with E-state index in [2.05, 4.69) is 27.2 Å². The molecule has 26 heavy (non-hydrogen) atoms. The molecule has 0 fully saturated rings. The molecule has 0 saturated heterocycles. The van der Waals surface area contributed by atoms with Crippen molar-refractivity contribution >= 4 is 5.82 Å². The van der Waals surface area contributed by atoms with Crippen LogP contribution in [0.4, 0.5) is 5.82 Å². The molecule has 0 radical (unpaired) electrons. The Labute approximate surface area is 154 Å². The summed E-state index contributed by atoms with van der Waals surface area (Å²) < 4.78 is 0. The van der Waals surface area contributed by atoms with Gasteiger partial charge >= 0.3 is 0 Å². The molecular formula is C21H24N4O. The molecule has 2 aromatic heterocycles. The predicted molar refractivity (Wildman–Crippen MR) is 104 cm³/mol. The number of phenols is 1. The van der Waals surface area contributed by atoms with Crippen molar-refractivity contribution in [1.82, 2.24) is 15.0 Å². The molecular weight excluding hydrogens is 324 g/mol. The number of hydrogen-bond acceptors (Lipinski definition) is 5. The first-order chi connectivity index (χ1) is 12.4. The summed E-state index contributed by atoms with van der Waals surface area (Å²) in [5, 5.41) is 13.7. The first-order valence-corrected chi connectivity index (χ1v) is 8.73. The lowest BCUT2D eigenvalue weighted by Crippen LogP contribution is -2.11. The fourth-order valence-electron chi connectivity index (χ4n) is 2.97. The van der Waals surface area contributed by atoms with Gasteiger partial charge in [0, 0.05) is 36.0 Å². The third kappa shape index (κ3) is 3.99. The molecule has 0 aliphatic heterocycles. The van der Waals surface area contributed by atoms with E-state index in [0.29, 0.717) is 12.3 Å². The number of pyridine rings is 1. The number of nitrogens with zero attached hydrogens (tertiary/aromatic N) is 3. The summed E-state index contributed by atoms with van der Waals surface area (Å²) in [5.41, 5.74) is 5.77. The molecule has 3 rings (SSSR count). The van der Waals surface area contributed by atoms with Crippen LogP contribution in [-0.4, -0.2) is 26.6 Å². The van der Waals surface area contributed by atoms with Gasteiger partial charge in [-0.2, -0.15) is 0 Å². The van der Waals surface area contributed by atoms with Gasteiger partial charge in [0.15, 0.2) is 0 Å². The Morgan fingerprint density at radius 1 is 1.04 bits per heavy atom. The predicted octanol–water partition coefficient (Wildman–Crippen LogP) is 4.39. The number of rotatable bonds is 5. The Hall–Kier alpha value is -2.95. The smallest absolute Gasteiger partial charge is 0.129 e. The van der Waals surface area contributed by atoms with Crippen molar-refractivity contribution in [3.63, 3.8) is 0 Å². The Morgan fingerprint density at radius 2 is 1.85 bits per heavy atom. The lowest BCUT2D eigenvalue weighted by Gasteiger charge is -2.17. The molecule has 134 valence electrons. The fourth-order valence-corrected chi connectivity index (χ4v) is 2.97. The Kier molecular flexibility index (Phi) is 5.16. The summed E-state index contributed by atoms with van der Waals surface area (Å²) in [4.78, 5) is 12.9. The Morgan fingerprint density at radius 3 is 2.58 bits per heavy atom. The van der Waals surface area contributed by atoms with Gasteiger partial charge in [0.2, 0.25) is 0 Å². The second-order valence-corrected chi connectivity index (χ2v) is 6.78. The average molecular weight is 348 g/mol. The maximum atomic E-state index is 10.3. The highest BCUT2D eigenvalue weighted by Crippen LogP contribution is 2.30. The molecule has 0 aliphatic carbocycles. The van der Waals surface area contributed by atoms with Crippen molar-refractivity contribution in [3.05, 3.63) is 65.2 Å². The lowest BCUT2D eigenvalue weighted by atomic mass is 9.95. The van der Waals surface area contributed by atoms with Crippen LogP contribution in [0.3, 0.4) is 0 Å². The van der Waals surface area contributed by atoms with Gasteiger partial charge in [-0.3, -0.25) is 4.98 Å². The third-order valence-electron chi connectivity index (χ3n) is 4.47. The average Bonchev–Trinajstić information content (AvgIpc) is 2.63. The Bertz CT molecular complexity index is 906. The zero-order valence-electron chi connectivity index (χ0n) is 15.6. The van der Waals surface area contributed by atoms with Gasteiger partial charge in [-0.25, -0.2) is 9.97 Å². The largest absolute Gasteiger partial charge is 0.507 e. The van der Waals surface area contributed by atoms with Crippen molar-refractivity contribution in [2.45, 2.75) is 33.6 Å². The van der Waals surface area contributed by atoms with E-state index in [-0.39, 0.29) is 5.92 Å². The molecule has 3 aromatic rings. The first kappa shape index (κ1) is 17.9. The molecule has 0 aliphatic rings. The SMILES string of the molecule is Cc1cc(C)c(O)c(C(C)CNc2cc(-c3ccc(C)nc3)ncn2)c1. The molecule has 1 aromatic carbocycles. The third-order valence-corrected chi connectivity index (χ3v) is 4.47. The summed E-state index contributed by atoms with van der Waals surface area (Å²) in [6, 6.07) is 9.92. The molecule has 5 nitrogen and oxygen atoms in total. The molecule has 0 spiro atoms. The van der Waals surface area contributed by atoms with Crippen LogP contribution < -0.4 is 5.32 Å². The van der Waals surface area contributed by atoms with Crippen LogP contribution in [0.25, 0.3) is 11.3 Å². The summed E-state index contributed by atoms with van der Waals surface area (Å²) in [6.45, 7) is 8.69. The van der Waals surface area contributed by atoms with Crippen molar-refractivity contribution in [2.75, 3.05) is 11.9 Å². The number of anilines is 1. The summed E-state index contributed by atoms with van der Waals surface area (Å²) in [6.07, 6.45) is 3.37. The number of hydrogen-bond donors (Lipinski definition) is 2. The minimum absolute atomic E-state index is 0.146. The minimum atomic E-state index is 0.146. The molecule has 1 unspecified atom stereocenters. The number of phenolic OH excluding ortho intramolecular Hbond substituents is 1. The first-order valence-electron chi connectivity index (χ1n) is 8.73. The highest BCUT2D eigenvalue weighted by Gasteiger charge is 2.13. The van der Waals surface area contributed by atoms with E-state index in [9.17, 15) is 5.11 Å². The van der Waals surface area contributed by atoms with Gasteiger partial charge in [0.1, 0.15) is 17.9 Å². The number of aromatic hydroxyl groups is 1. The second-order valence-electron chi connectivity index (χ2n) is 6.78. The lowest BCUT2D eigenvalue weighted by molar-refractivity contribution is 0.459. The summed E-state index contributed by atoms with van der Waals surface area (Å²) in [5.74, 6) is 1.28. The molecule has 1 atom stereocenters. The standard InChI is InChI=1S/C21H24N4O/c1-13-7-14(2)21(26)18(8-13)15(3)10-23-20-9-19(24-12-25-20)17-6-5-16(4)22-11-17/h5-9,11-12,15,26H,10H2,1-4H3,(H,23,24,25). The van der Waals surface area contributed by atoms with E-state index in [1.54, 1.807) is 6.33 Å². The van der Waals surface area contributed by atoms with E-state index in [1.165, 1.54) is 0 Å². The Balaban J connectivity index is 1.74. The maximum absolute atomic E-state index is 10.3. The summed E-state index contributed by atoms with van der Waals surface area (Å²) in [7, 11) is 0. The number of benzene rings is 1. The van der Waals surface area contributed by atoms with Crippen molar-refractivity contribution < 1.29 is 5.11 Å². The van der Waals surface area contributed by atoms with Crippen LogP contribution >= 0.6 is 0 Å². The van der Waals surface area contributed by atoms with Gasteiger partial charge in [0.05, 0.1) is 5.69 Å². The highest BCUT2D eigenvalue weighted by atomic mass is 16.3. The molecule has 0 bridgehead atoms. The number of aromatic nitrogens is 3. The number of aryl methyl sites for hydroxylation is 3. The van der Waals surface area contributed by atoms with E-state index in [1.807, 2.05) is 57.3 Å². The van der Waals surface area contributed by atoms with Gasteiger partial charge in [-0.1, -0.05) is 24.6 Å². The fraction of sp³-hybridized carbons (Fsp3) is 0.286. The van der Waals surface area contributed by atoms with Gasteiger partial charge in [-0.15, -0.1) is 0 Å². The van der Waals surface area contributed by atoms with Crippen LogP contribution in [0.15, 0.2) is 42.9 Å². The van der Waals surface area contributed by atoms with Gasteiger partial charge < -0.3 is 10.4 Å². The van der Waals surface area contributed by atoms with Crippen molar-refractivity contribution in [2.24, 2.45) is 0 Å². The minimum Gasteiger partial charge on any atom is -0.507 e. The van der Waals surface area contributed by atoms with Crippen LogP contribution in [0.5, 0.6) is 5.75 Å². The molecule has 0 saturated carbocycles. The zero-order valence-corrected chi connectivity index (χ0v) is 15.6. The zero-order chi connectivity index (χ0) is 18.7. The van der Waals surface area contributed by atoms with Crippen molar-refractivity contribution in [3.8, 4) is 17.0 Å². The normalized spacial score (nSPS) is 12.0. The van der Waals surface area contributed by atoms with E-state index >= 15 is 0 Å². The quantitative estimate of drug-likeness (QED) is 0.716. The molecule has 5 heteroatoms. The molecule has 2 heterocycles. The second kappa shape index (κ2) is 7.52. The maximum Gasteiger partial charge on any atom is 0.129 e. The van der Waals surface area contributed by atoms with Crippen LogP contribution in [0.2, 0.25) is 0 Å². The van der Waals surface area contributed by atoms with Gasteiger partial charge in [-0.05, 0) is 44.0 Å². The molecule has 2 N–H and O–H groups in total. The summed E-state index contributed by atoms with van der Waals surface area (Å²) >= 11 is 0. The van der Waals surface area contributed by atoms with Crippen LogP contribution in [-0.2, 0) is 0 Å².